The predicted octanol–water partition coefficient (Wildman–Crippen LogP) is 2.70. The lowest BCUT2D eigenvalue weighted by molar-refractivity contribution is 0.0208. The van der Waals surface area contributed by atoms with E-state index < -0.39 is 0 Å². The first-order valence-corrected chi connectivity index (χ1v) is 5.12. The lowest BCUT2D eigenvalue weighted by Gasteiger charge is -2.14. The highest BCUT2D eigenvalue weighted by atomic mass is 16.5. The van der Waals surface area contributed by atoms with E-state index in [4.69, 9.17) is 4.74 Å². The van der Waals surface area contributed by atoms with Crippen molar-refractivity contribution in [3.63, 3.8) is 0 Å². The molecule has 0 saturated heterocycles. The van der Waals surface area contributed by atoms with Crippen molar-refractivity contribution < 1.29 is 4.74 Å². The van der Waals surface area contributed by atoms with Crippen molar-refractivity contribution >= 4 is 0 Å². The molecule has 0 bridgehead atoms. The molecule has 0 radical (unpaired) electrons. The fraction of sp³-hybridized carbons (Fsp3) is 0.818. The van der Waals surface area contributed by atoms with Gasteiger partial charge in [0.2, 0.25) is 0 Å². The van der Waals surface area contributed by atoms with Gasteiger partial charge in [0, 0.05) is 12.2 Å². The molecule has 0 fully saturated rings. The molecule has 0 saturated carbocycles. The first kappa shape index (κ1) is 12.5. The van der Waals surface area contributed by atoms with Crippen molar-refractivity contribution in [2.75, 3.05) is 6.54 Å². The maximum absolute atomic E-state index is 5.61. The third-order valence-corrected chi connectivity index (χ3v) is 1.72. The van der Waals surface area contributed by atoms with E-state index in [1.54, 1.807) is 0 Å². The molecule has 2 nitrogen and oxygen atoms in total. The molecule has 1 unspecified atom stereocenters. The lowest BCUT2D eigenvalue weighted by Crippen LogP contribution is -2.15. The zero-order valence-corrected chi connectivity index (χ0v) is 9.55. The van der Waals surface area contributed by atoms with Gasteiger partial charge >= 0.3 is 0 Å². The highest BCUT2D eigenvalue weighted by Crippen LogP contribution is 2.03. The van der Waals surface area contributed by atoms with E-state index in [9.17, 15) is 0 Å². The summed E-state index contributed by atoms with van der Waals surface area (Å²) in [6.07, 6.45) is 3.81. The molecule has 0 rings (SSSR count). The predicted molar refractivity (Wildman–Crippen MR) is 57.7 cm³/mol. The molecule has 0 amide bonds. The van der Waals surface area contributed by atoms with E-state index in [0.29, 0.717) is 12.2 Å². The Hall–Kier alpha value is -0.500. The van der Waals surface area contributed by atoms with Crippen LogP contribution in [0.25, 0.3) is 0 Å². The average Bonchev–Trinajstić information content (AvgIpc) is 2.00. The lowest BCUT2D eigenvalue weighted by atomic mass is 10.2. The normalized spacial score (nSPS) is 14.8. The van der Waals surface area contributed by atoms with Gasteiger partial charge in [-0.1, -0.05) is 6.08 Å². The highest BCUT2D eigenvalue weighted by Gasteiger charge is 2.02. The van der Waals surface area contributed by atoms with Gasteiger partial charge in [0.15, 0.2) is 0 Å². The first-order chi connectivity index (χ1) is 6.06. The Labute approximate surface area is 82.4 Å². The molecular formula is C11H23NO. The fourth-order valence-corrected chi connectivity index (χ4v) is 1.21. The second-order valence-electron chi connectivity index (χ2n) is 3.65. The molecule has 0 aromatic rings. The van der Waals surface area contributed by atoms with Gasteiger partial charge in [0.1, 0.15) is 0 Å². The molecule has 0 aliphatic carbocycles. The number of rotatable bonds is 6. The van der Waals surface area contributed by atoms with Crippen LogP contribution in [0.4, 0.5) is 0 Å². The number of hydrogen-bond donors (Lipinski definition) is 1. The van der Waals surface area contributed by atoms with E-state index in [1.165, 1.54) is 5.70 Å². The number of nitrogens with one attached hydrogen (secondary N) is 1. The van der Waals surface area contributed by atoms with E-state index in [-0.39, 0.29) is 0 Å². The molecule has 0 spiro atoms. The first-order valence-electron chi connectivity index (χ1n) is 5.12. The monoisotopic (exact) mass is 185 g/mol. The fourth-order valence-electron chi connectivity index (χ4n) is 1.21. The second-order valence-corrected chi connectivity index (χ2v) is 3.65. The molecule has 0 aliphatic heterocycles. The molecule has 78 valence electrons. The summed E-state index contributed by atoms with van der Waals surface area (Å²) in [5, 5.41) is 3.26. The molecule has 0 aromatic carbocycles. The summed E-state index contributed by atoms with van der Waals surface area (Å²) >= 11 is 0. The van der Waals surface area contributed by atoms with Crippen LogP contribution in [-0.4, -0.2) is 18.8 Å². The molecule has 13 heavy (non-hydrogen) atoms. The van der Waals surface area contributed by atoms with Crippen LogP contribution in [0.5, 0.6) is 0 Å². The maximum Gasteiger partial charge on any atom is 0.0585 e. The van der Waals surface area contributed by atoms with Crippen molar-refractivity contribution in [1.29, 1.82) is 0 Å². The van der Waals surface area contributed by atoms with Crippen LogP contribution in [0.1, 0.15) is 41.0 Å². The van der Waals surface area contributed by atoms with Gasteiger partial charge in [0.05, 0.1) is 12.2 Å². The van der Waals surface area contributed by atoms with Crippen LogP contribution in [-0.2, 0) is 4.74 Å². The van der Waals surface area contributed by atoms with Crippen molar-refractivity contribution in [3.05, 3.63) is 11.8 Å². The van der Waals surface area contributed by atoms with Crippen LogP contribution >= 0.6 is 0 Å². The topological polar surface area (TPSA) is 21.3 Å². The van der Waals surface area contributed by atoms with Crippen molar-refractivity contribution in [2.45, 2.75) is 53.2 Å². The van der Waals surface area contributed by atoms with Crippen molar-refractivity contribution in [3.8, 4) is 0 Å². The quantitative estimate of drug-likeness (QED) is 0.687. The Bertz CT molecular complexity index is 152. The van der Waals surface area contributed by atoms with E-state index in [0.717, 1.165) is 13.0 Å². The summed E-state index contributed by atoms with van der Waals surface area (Å²) in [5.74, 6) is 0. The number of allylic oxidation sites excluding steroid dienone is 1. The van der Waals surface area contributed by atoms with Crippen molar-refractivity contribution in [1.82, 2.24) is 5.32 Å². The Morgan fingerprint density at radius 1 is 1.38 bits per heavy atom. The van der Waals surface area contributed by atoms with Crippen LogP contribution in [0.2, 0.25) is 0 Å². The third kappa shape index (κ3) is 7.85. The van der Waals surface area contributed by atoms with Gasteiger partial charge in [-0.3, -0.25) is 0 Å². The minimum Gasteiger partial charge on any atom is -0.389 e. The number of ether oxygens (including phenoxy) is 1. The molecule has 0 heterocycles. The van der Waals surface area contributed by atoms with Gasteiger partial charge < -0.3 is 10.1 Å². The molecule has 0 aliphatic rings. The van der Waals surface area contributed by atoms with Gasteiger partial charge in [-0.2, -0.15) is 0 Å². The summed E-state index contributed by atoms with van der Waals surface area (Å²) in [5.41, 5.74) is 1.24. The smallest absolute Gasteiger partial charge is 0.0585 e. The van der Waals surface area contributed by atoms with Gasteiger partial charge in [0.25, 0.3) is 0 Å². The zero-order valence-electron chi connectivity index (χ0n) is 9.55. The van der Waals surface area contributed by atoms with Crippen LogP contribution in [0.3, 0.4) is 0 Å². The zero-order chi connectivity index (χ0) is 10.3. The molecule has 0 aromatic heterocycles. The van der Waals surface area contributed by atoms with E-state index in [2.05, 4.69) is 46.0 Å². The summed E-state index contributed by atoms with van der Waals surface area (Å²) in [7, 11) is 0. The van der Waals surface area contributed by atoms with Gasteiger partial charge in [-0.25, -0.2) is 0 Å². The standard InChI is InChI=1S/C11H23NO/c1-6-12-10(4)7-8-11(5)13-9(2)3/h7,9,11-12H,6,8H2,1-5H3. The largest absolute Gasteiger partial charge is 0.389 e. The summed E-state index contributed by atoms with van der Waals surface area (Å²) in [6, 6.07) is 0. The van der Waals surface area contributed by atoms with Gasteiger partial charge in [-0.05, 0) is 41.0 Å². The molecule has 1 N–H and O–H groups in total. The Kier molecular flexibility index (Phi) is 6.69. The van der Waals surface area contributed by atoms with Gasteiger partial charge in [-0.15, -0.1) is 0 Å². The Morgan fingerprint density at radius 3 is 2.46 bits per heavy atom. The van der Waals surface area contributed by atoms with Crippen molar-refractivity contribution in [2.24, 2.45) is 0 Å². The number of hydrogen-bond acceptors (Lipinski definition) is 2. The molecule has 2 heteroatoms. The van der Waals surface area contributed by atoms with E-state index >= 15 is 0 Å². The van der Waals surface area contributed by atoms with Crippen LogP contribution < -0.4 is 5.32 Å². The third-order valence-electron chi connectivity index (χ3n) is 1.72. The van der Waals surface area contributed by atoms with E-state index in [1.807, 2.05) is 0 Å². The minimum atomic E-state index is 0.314. The summed E-state index contributed by atoms with van der Waals surface area (Å²) in [6.45, 7) is 11.4. The Morgan fingerprint density at radius 2 is 2.00 bits per heavy atom. The minimum absolute atomic E-state index is 0.314. The van der Waals surface area contributed by atoms with Crippen LogP contribution in [0, 0.1) is 0 Å². The molecule has 1 atom stereocenters. The van der Waals surface area contributed by atoms with Crippen LogP contribution in [0.15, 0.2) is 11.8 Å². The summed E-state index contributed by atoms with van der Waals surface area (Å²) in [4.78, 5) is 0. The summed E-state index contributed by atoms with van der Waals surface area (Å²) < 4.78 is 5.61. The second kappa shape index (κ2) is 6.96. The average molecular weight is 185 g/mol. The Balaban J connectivity index is 3.66. The molecular weight excluding hydrogens is 162 g/mol. The highest BCUT2D eigenvalue weighted by molar-refractivity contribution is 4.95. The SMILES string of the molecule is CCNC(C)=CCC(C)OC(C)C. The maximum atomic E-state index is 5.61.